The van der Waals surface area contributed by atoms with Crippen LogP contribution in [0.5, 0.6) is 0 Å². The van der Waals surface area contributed by atoms with Gasteiger partial charge >= 0.3 is 0 Å². The average Bonchev–Trinajstić information content (AvgIpc) is 3.07. The molecular weight excluding hydrogens is 402 g/mol. The van der Waals surface area contributed by atoms with E-state index in [-0.39, 0.29) is 17.9 Å². The number of carbonyl (C=O) groups excluding carboxylic acids is 1. The second-order valence-corrected chi connectivity index (χ2v) is 8.74. The molecule has 1 unspecified atom stereocenters. The Labute approximate surface area is 180 Å². The zero-order chi connectivity index (χ0) is 21.0. The Kier molecular flexibility index (Phi) is 4.57. The summed E-state index contributed by atoms with van der Waals surface area (Å²) in [4.78, 5) is 15.4. The van der Waals surface area contributed by atoms with Gasteiger partial charge in [0.15, 0.2) is 11.0 Å². The normalized spacial score (nSPS) is 25.9. The molecule has 3 aromatic rings. The van der Waals surface area contributed by atoms with Crippen LogP contribution >= 0.6 is 11.6 Å². The number of carbonyl (C=O) groups is 1. The van der Waals surface area contributed by atoms with Gasteiger partial charge in [0.25, 0.3) is 0 Å². The summed E-state index contributed by atoms with van der Waals surface area (Å²) >= 11 is 5.80. The number of halogens is 1. The van der Waals surface area contributed by atoms with Crippen molar-refractivity contribution < 1.29 is 9.53 Å². The number of hydrogen-bond acceptors (Lipinski definition) is 5. The first kappa shape index (κ1) is 19.5. The highest BCUT2D eigenvalue weighted by atomic mass is 35.5. The number of piperidine rings is 1. The summed E-state index contributed by atoms with van der Waals surface area (Å²) in [6.07, 6.45) is 3.73. The molecule has 8 heteroatoms. The first-order valence-corrected chi connectivity index (χ1v) is 10.4. The molecule has 7 nitrogen and oxygen atoms in total. The fourth-order valence-corrected chi connectivity index (χ4v) is 5.48. The van der Waals surface area contributed by atoms with E-state index in [0.29, 0.717) is 23.9 Å². The first-order chi connectivity index (χ1) is 14.4. The Morgan fingerprint density at radius 3 is 2.83 bits per heavy atom. The third-order valence-electron chi connectivity index (χ3n) is 6.71. The number of fused-ring (bicyclic) bond motifs is 2. The van der Waals surface area contributed by atoms with E-state index < -0.39 is 5.60 Å². The van der Waals surface area contributed by atoms with E-state index in [1.807, 2.05) is 0 Å². The van der Waals surface area contributed by atoms with Crippen molar-refractivity contribution in [3.63, 3.8) is 0 Å². The van der Waals surface area contributed by atoms with Crippen molar-refractivity contribution >= 4 is 34.2 Å². The van der Waals surface area contributed by atoms with Crippen LogP contribution in [0, 0.1) is 5.92 Å². The summed E-state index contributed by atoms with van der Waals surface area (Å²) in [5, 5.41) is 12.2. The van der Waals surface area contributed by atoms with Crippen LogP contribution < -0.4 is 5.32 Å². The number of nitrogens with zero attached hydrogens (tertiary/aromatic N) is 4. The first-order valence-electron chi connectivity index (χ1n) is 10.1. The fraction of sp³-hybridized carbons (Fsp3) is 0.409. The second kappa shape index (κ2) is 7.04. The van der Waals surface area contributed by atoms with Crippen LogP contribution in [0.2, 0.25) is 5.15 Å². The highest BCUT2D eigenvalue weighted by Gasteiger charge is 2.53. The van der Waals surface area contributed by atoms with Crippen molar-refractivity contribution in [1.82, 2.24) is 19.7 Å². The van der Waals surface area contributed by atoms with Crippen LogP contribution in [0.1, 0.15) is 17.5 Å². The molecule has 1 aliphatic heterocycles. The number of nitrogens with one attached hydrogen (secondary N) is 1. The van der Waals surface area contributed by atoms with Crippen LogP contribution in [0.4, 0.5) is 5.82 Å². The second-order valence-electron chi connectivity index (χ2n) is 8.35. The standard InChI is InChI=1S/C22H24ClN5O2/c1-27-11-13-9-17-22(30-3,15-5-4-6-16(27)20(13)15)10-14(12-28(17)2)21(29)24-19-8-7-18(23)25-26-19/h4-8,11,14,17H,9-10,12H2,1-3H3,(H,24,26,29)/t14-,17-,22?/m1/s1. The molecule has 156 valence electrons. The van der Waals surface area contributed by atoms with E-state index in [1.165, 1.54) is 22.0 Å². The molecule has 0 bridgehead atoms. The number of rotatable bonds is 3. The molecule has 1 saturated heterocycles. The van der Waals surface area contributed by atoms with E-state index in [9.17, 15) is 4.79 Å². The van der Waals surface area contributed by atoms with Crippen molar-refractivity contribution in [2.24, 2.45) is 13.0 Å². The monoisotopic (exact) mass is 425 g/mol. The SMILES string of the molecule is COC12C[C@@H](C(=O)Nc3ccc(Cl)nn3)CN(C)[C@@H]1Cc1cn(C)c3cccc2c13. The number of anilines is 1. The number of hydrogen-bond donors (Lipinski definition) is 1. The summed E-state index contributed by atoms with van der Waals surface area (Å²) in [5.41, 5.74) is 3.16. The molecule has 1 fully saturated rings. The maximum absolute atomic E-state index is 13.1. The van der Waals surface area contributed by atoms with E-state index in [2.05, 4.69) is 63.5 Å². The van der Waals surface area contributed by atoms with Gasteiger partial charge in [-0.2, -0.15) is 0 Å². The molecule has 1 amide bonds. The van der Waals surface area contributed by atoms with Crippen LogP contribution in [0.3, 0.4) is 0 Å². The summed E-state index contributed by atoms with van der Waals surface area (Å²) in [6.45, 7) is 0.654. The van der Waals surface area contributed by atoms with Gasteiger partial charge in [0.05, 0.1) is 5.92 Å². The van der Waals surface area contributed by atoms with Crippen LogP contribution in [-0.2, 0) is 28.6 Å². The summed E-state index contributed by atoms with van der Waals surface area (Å²) < 4.78 is 8.46. The molecule has 30 heavy (non-hydrogen) atoms. The number of aryl methyl sites for hydroxylation is 1. The molecule has 2 aromatic heterocycles. The number of ether oxygens (including phenoxy) is 1. The van der Waals surface area contributed by atoms with Crippen molar-refractivity contribution in [3.8, 4) is 0 Å². The smallest absolute Gasteiger partial charge is 0.230 e. The van der Waals surface area contributed by atoms with Gasteiger partial charge < -0.3 is 14.6 Å². The molecule has 3 heterocycles. The molecule has 0 radical (unpaired) electrons. The Morgan fingerprint density at radius 1 is 1.27 bits per heavy atom. The lowest BCUT2D eigenvalue weighted by molar-refractivity contribution is -0.143. The van der Waals surface area contributed by atoms with Gasteiger partial charge in [0.1, 0.15) is 5.60 Å². The van der Waals surface area contributed by atoms with E-state index in [0.717, 1.165) is 6.42 Å². The summed E-state index contributed by atoms with van der Waals surface area (Å²) in [5.74, 6) is 0.0697. The predicted molar refractivity (Wildman–Crippen MR) is 116 cm³/mol. The summed E-state index contributed by atoms with van der Waals surface area (Å²) in [7, 11) is 5.92. The molecule has 0 spiro atoms. The Balaban J connectivity index is 1.53. The van der Waals surface area contributed by atoms with Crippen LogP contribution in [0.15, 0.2) is 36.5 Å². The lowest BCUT2D eigenvalue weighted by Crippen LogP contribution is -2.60. The maximum atomic E-state index is 13.1. The molecule has 1 aliphatic carbocycles. The lowest BCUT2D eigenvalue weighted by atomic mass is 9.68. The van der Waals surface area contributed by atoms with Crippen molar-refractivity contribution in [1.29, 1.82) is 0 Å². The molecule has 5 rings (SSSR count). The molecule has 3 atom stereocenters. The minimum Gasteiger partial charge on any atom is -0.372 e. The third-order valence-corrected chi connectivity index (χ3v) is 6.91. The number of methoxy groups -OCH3 is 1. The Hall–Kier alpha value is -2.48. The van der Waals surface area contributed by atoms with E-state index in [4.69, 9.17) is 16.3 Å². The molecule has 2 aliphatic rings. The predicted octanol–water partition coefficient (Wildman–Crippen LogP) is 2.98. The highest BCUT2D eigenvalue weighted by molar-refractivity contribution is 6.29. The number of benzene rings is 1. The topological polar surface area (TPSA) is 72.3 Å². The number of amides is 1. The van der Waals surface area contributed by atoms with Gasteiger partial charge in [-0.05, 0) is 49.2 Å². The third kappa shape index (κ3) is 2.84. The van der Waals surface area contributed by atoms with Crippen LogP contribution in [-0.4, -0.2) is 52.3 Å². The van der Waals surface area contributed by atoms with Gasteiger partial charge in [-0.25, -0.2) is 0 Å². The largest absolute Gasteiger partial charge is 0.372 e. The van der Waals surface area contributed by atoms with Gasteiger partial charge in [-0.1, -0.05) is 23.7 Å². The van der Waals surface area contributed by atoms with Gasteiger partial charge in [-0.3, -0.25) is 9.69 Å². The molecule has 1 aromatic carbocycles. The van der Waals surface area contributed by atoms with Gasteiger partial charge in [0.2, 0.25) is 5.91 Å². The Morgan fingerprint density at radius 2 is 2.10 bits per heavy atom. The van der Waals surface area contributed by atoms with Crippen molar-refractivity contribution in [2.45, 2.75) is 24.5 Å². The quantitative estimate of drug-likeness (QED) is 0.698. The number of likely N-dealkylation sites (N-methyl/N-ethyl adjacent to an activating group) is 1. The number of aromatic nitrogens is 3. The summed E-state index contributed by atoms with van der Waals surface area (Å²) in [6, 6.07) is 9.82. The maximum Gasteiger partial charge on any atom is 0.230 e. The average molecular weight is 426 g/mol. The molecule has 1 N–H and O–H groups in total. The lowest BCUT2D eigenvalue weighted by Gasteiger charge is -2.52. The van der Waals surface area contributed by atoms with Gasteiger partial charge in [-0.15, -0.1) is 10.2 Å². The minimum absolute atomic E-state index is 0.0839. The van der Waals surface area contributed by atoms with Crippen LogP contribution in [0.25, 0.3) is 10.9 Å². The fourth-order valence-electron chi connectivity index (χ4n) is 5.38. The van der Waals surface area contributed by atoms with Crippen molar-refractivity contribution in [2.75, 3.05) is 26.0 Å². The highest BCUT2D eigenvalue weighted by Crippen LogP contribution is 2.49. The van der Waals surface area contributed by atoms with E-state index >= 15 is 0 Å². The van der Waals surface area contributed by atoms with E-state index in [1.54, 1.807) is 19.2 Å². The molecule has 0 saturated carbocycles. The molecular formula is C22H24ClN5O2. The zero-order valence-corrected chi connectivity index (χ0v) is 18.0. The minimum atomic E-state index is -0.547. The zero-order valence-electron chi connectivity index (χ0n) is 17.2. The Bertz CT molecular complexity index is 1130. The number of likely N-dealkylation sites (tertiary alicyclic amines) is 1. The van der Waals surface area contributed by atoms with Crippen molar-refractivity contribution in [3.05, 3.63) is 52.8 Å². The van der Waals surface area contributed by atoms with Gasteiger partial charge in [0, 0.05) is 43.8 Å².